The van der Waals surface area contributed by atoms with E-state index in [0.717, 1.165) is 24.3 Å². The molecule has 32 heavy (non-hydrogen) atoms. The number of hydrogen-bond acceptors (Lipinski definition) is 5. The minimum Gasteiger partial charge on any atom is -0.339 e. The molecule has 1 fully saturated rings. The number of piperazine rings is 1. The molecule has 0 aliphatic carbocycles. The molecule has 0 spiro atoms. The smallest absolute Gasteiger partial charge is 0.261 e. The Kier molecular flexibility index (Phi) is 7.15. The van der Waals surface area contributed by atoms with E-state index in [1.165, 1.54) is 34.9 Å². The molecular weight excluding hydrogens is 461 g/mol. The maximum atomic E-state index is 13.3. The fourth-order valence-corrected chi connectivity index (χ4v) is 4.93. The number of benzene rings is 2. The number of sulfone groups is 1. The summed E-state index contributed by atoms with van der Waals surface area (Å²) in [5, 5.41) is 0.619. The lowest BCUT2D eigenvalue weighted by molar-refractivity contribution is -0.138. The van der Waals surface area contributed by atoms with Crippen molar-refractivity contribution in [1.29, 1.82) is 0 Å². The van der Waals surface area contributed by atoms with Gasteiger partial charge in [-0.25, -0.2) is 12.8 Å². The molecule has 1 aliphatic rings. The fraction of sp³-hybridized carbons (Fsp3) is 0.286. The Morgan fingerprint density at radius 3 is 2.16 bits per heavy atom. The van der Waals surface area contributed by atoms with E-state index in [0.29, 0.717) is 0 Å². The van der Waals surface area contributed by atoms with Crippen molar-refractivity contribution in [3.8, 4) is 0 Å². The summed E-state index contributed by atoms with van der Waals surface area (Å²) in [5.74, 6) is -2.44. The van der Waals surface area contributed by atoms with Crippen LogP contribution in [0.5, 0.6) is 0 Å². The molecular formula is C21H21ClFN3O5S. The van der Waals surface area contributed by atoms with Crippen molar-refractivity contribution in [2.24, 2.45) is 0 Å². The lowest BCUT2D eigenvalue weighted by Gasteiger charge is -2.36. The third-order valence-corrected chi connectivity index (χ3v) is 7.17. The van der Waals surface area contributed by atoms with E-state index in [2.05, 4.69) is 5.32 Å². The molecule has 0 bridgehead atoms. The van der Waals surface area contributed by atoms with Crippen LogP contribution in [0.15, 0.2) is 53.4 Å². The normalized spacial score (nSPS) is 15.2. The first-order valence-electron chi connectivity index (χ1n) is 9.70. The summed E-state index contributed by atoms with van der Waals surface area (Å²) < 4.78 is 39.8. The molecule has 3 rings (SSSR count). The topological polar surface area (TPSA) is 104 Å². The molecule has 11 heteroatoms. The van der Waals surface area contributed by atoms with Gasteiger partial charge in [-0.2, -0.15) is 0 Å². The highest BCUT2D eigenvalue weighted by Crippen LogP contribution is 2.19. The summed E-state index contributed by atoms with van der Waals surface area (Å²) in [7, 11) is -4.41. The number of hydrogen-bond donors (Lipinski definition) is 1. The number of halogens is 2. The summed E-state index contributed by atoms with van der Waals surface area (Å²) >= 11 is 5.91. The van der Waals surface area contributed by atoms with Crippen molar-refractivity contribution in [2.75, 3.05) is 26.2 Å². The SMILES string of the molecule is CC(=O)N1CCN(C(=O)[C@H](NC(=O)c2cccc(Cl)c2)S(=O)(=O)c2ccc(F)cc2)CC1. The maximum Gasteiger partial charge on any atom is 0.261 e. The van der Waals surface area contributed by atoms with Crippen LogP contribution in [0.2, 0.25) is 5.02 Å². The lowest BCUT2D eigenvalue weighted by Crippen LogP contribution is -2.57. The number of carbonyl (C=O) groups excluding carboxylic acids is 3. The standard InChI is InChI=1S/C21H21ClFN3O5S/c1-14(27)25-9-11-26(12-10-25)21(29)20(24-19(28)15-3-2-4-16(22)13-15)32(30,31)18-7-5-17(23)6-8-18/h2-8,13,20H,9-12H2,1H3,(H,24,28)/t20-/m1/s1. The van der Waals surface area contributed by atoms with Crippen LogP contribution in [0.1, 0.15) is 17.3 Å². The van der Waals surface area contributed by atoms with Crippen molar-refractivity contribution >= 4 is 39.2 Å². The minimum atomic E-state index is -4.41. The van der Waals surface area contributed by atoms with E-state index < -0.39 is 32.8 Å². The van der Waals surface area contributed by atoms with Gasteiger partial charge in [0.2, 0.25) is 21.1 Å². The molecule has 8 nitrogen and oxygen atoms in total. The van der Waals surface area contributed by atoms with Crippen LogP contribution >= 0.6 is 11.6 Å². The van der Waals surface area contributed by atoms with Crippen LogP contribution in [0.25, 0.3) is 0 Å². The number of rotatable bonds is 5. The second-order valence-electron chi connectivity index (χ2n) is 7.19. The molecule has 0 radical (unpaired) electrons. The van der Waals surface area contributed by atoms with Crippen molar-refractivity contribution < 1.29 is 27.2 Å². The van der Waals surface area contributed by atoms with Gasteiger partial charge in [-0.3, -0.25) is 14.4 Å². The van der Waals surface area contributed by atoms with Crippen molar-refractivity contribution in [3.05, 3.63) is 64.9 Å². The number of nitrogens with zero attached hydrogens (tertiary/aromatic N) is 2. The Morgan fingerprint density at radius 2 is 1.59 bits per heavy atom. The van der Waals surface area contributed by atoms with Gasteiger partial charge in [0, 0.05) is 43.7 Å². The van der Waals surface area contributed by atoms with Gasteiger partial charge in [0.25, 0.3) is 11.8 Å². The van der Waals surface area contributed by atoms with E-state index in [1.54, 1.807) is 6.07 Å². The van der Waals surface area contributed by atoms with Gasteiger partial charge >= 0.3 is 0 Å². The van der Waals surface area contributed by atoms with E-state index in [-0.39, 0.29) is 47.6 Å². The molecule has 1 saturated heterocycles. The second-order valence-corrected chi connectivity index (χ2v) is 9.66. The average Bonchev–Trinajstić information content (AvgIpc) is 2.77. The van der Waals surface area contributed by atoms with Crippen molar-refractivity contribution in [1.82, 2.24) is 15.1 Å². The fourth-order valence-electron chi connectivity index (χ4n) is 3.27. The molecule has 0 aromatic heterocycles. The number of nitrogens with one attached hydrogen (secondary N) is 1. The zero-order chi connectivity index (χ0) is 23.5. The lowest BCUT2D eigenvalue weighted by atomic mass is 10.2. The highest BCUT2D eigenvalue weighted by atomic mass is 35.5. The number of carbonyl (C=O) groups is 3. The largest absolute Gasteiger partial charge is 0.339 e. The summed E-state index contributed by atoms with van der Waals surface area (Å²) in [6.45, 7) is 2.12. The molecule has 3 amide bonds. The predicted molar refractivity (Wildman–Crippen MR) is 115 cm³/mol. The molecule has 1 N–H and O–H groups in total. The van der Waals surface area contributed by atoms with E-state index in [9.17, 15) is 27.2 Å². The zero-order valence-corrected chi connectivity index (χ0v) is 18.7. The minimum absolute atomic E-state index is 0.0750. The van der Waals surface area contributed by atoms with Crippen LogP contribution in [0.4, 0.5) is 4.39 Å². The third-order valence-electron chi connectivity index (χ3n) is 5.06. The van der Waals surface area contributed by atoms with Crippen LogP contribution in [0, 0.1) is 5.82 Å². The van der Waals surface area contributed by atoms with Gasteiger partial charge in [0.1, 0.15) is 5.82 Å². The van der Waals surface area contributed by atoms with Crippen molar-refractivity contribution in [3.63, 3.8) is 0 Å². The Bertz CT molecular complexity index is 1130. The monoisotopic (exact) mass is 481 g/mol. The molecule has 2 aromatic carbocycles. The Hall–Kier alpha value is -2.98. The maximum absolute atomic E-state index is 13.3. The molecule has 0 saturated carbocycles. The van der Waals surface area contributed by atoms with Crippen LogP contribution in [-0.4, -0.2) is 67.5 Å². The summed E-state index contributed by atoms with van der Waals surface area (Å²) in [4.78, 5) is 40.0. The number of amides is 3. The van der Waals surface area contributed by atoms with Crippen LogP contribution in [-0.2, 0) is 19.4 Å². The van der Waals surface area contributed by atoms with Gasteiger partial charge in [-0.05, 0) is 42.5 Å². The third kappa shape index (κ3) is 5.25. The van der Waals surface area contributed by atoms with Gasteiger partial charge in [-0.1, -0.05) is 17.7 Å². The Labute approximate surface area is 189 Å². The summed E-state index contributed by atoms with van der Waals surface area (Å²) in [6, 6.07) is 9.81. The molecule has 1 atom stereocenters. The van der Waals surface area contributed by atoms with Gasteiger partial charge in [-0.15, -0.1) is 0 Å². The molecule has 170 valence electrons. The molecule has 2 aromatic rings. The quantitative estimate of drug-likeness (QED) is 0.655. The summed E-state index contributed by atoms with van der Waals surface area (Å²) in [5.41, 5.74) is 0.0750. The molecule has 1 aliphatic heterocycles. The van der Waals surface area contributed by atoms with Crippen LogP contribution < -0.4 is 5.32 Å². The van der Waals surface area contributed by atoms with Crippen LogP contribution in [0.3, 0.4) is 0 Å². The average molecular weight is 482 g/mol. The van der Waals surface area contributed by atoms with Gasteiger partial charge < -0.3 is 15.1 Å². The zero-order valence-electron chi connectivity index (χ0n) is 17.1. The summed E-state index contributed by atoms with van der Waals surface area (Å²) in [6.07, 6.45) is 0. The second kappa shape index (κ2) is 9.66. The van der Waals surface area contributed by atoms with E-state index in [4.69, 9.17) is 11.6 Å². The first-order chi connectivity index (χ1) is 15.1. The Morgan fingerprint density at radius 1 is 1.00 bits per heavy atom. The van der Waals surface area contributed by atoms with Gasteiger partial charge in [0.05, 0.1) is 4.90 Å². The molecule has 1 heterocycles. The van der Waals surface area contributed by atoms with E-state index >= 15 is 0 Å². The highest BCUT2D eigenvalue weighted by Gasteiger charge is 2.39. The van der Waals surface area contributed by atoms with Crippen molar-refractivity contribution in [2.45, 2.75) is 17.2 Å². The van der Waals surface area contributed by atoms with Gasteiger partial charge in [0.15, 0.2) is 0 Å². The van der Waals surface area contributed by atoms with E-state index in [1.807, 2.05) is 0 Å². The first-order valence-corrected chi connectivity index (χ1v) is 11.6. The predicted octanol–water partition coefficient (Wildman–Crippen LogP) is 1.70. The first kappa shape index (κ1) is 23.7. The highest BCUT2D eigenvalue weighted by molar-refractivity contribution is 7.92. The molecule has 0 unspecified atom stereocenters. The Balaban J connectivity index is 1.92.